The molecule has 0 bridgehead atoms. The summed E-state index contributed by atoms with van der Waals surface area (Å²) in [7, 11) is 0. The third-order valence-electron chi connectivity index (χ3n) is 7.19. The summed E-state index contributed by atoms with van der Waals surface area (Å²) in [4.78, 5) is 38.0. The van der Waals surface area contributed by atoms with Gasteiger partial charge < -0.3 is 14.2 Å². The zero-order valence-electron chi connectivity index (χ0n) is 20.7. The number of carbonyl (C=O) groups excluding carboxylic acids is 2. The number of ether oxygens (including phenoxy) is 1. The van der Waals surface area contributed by atoms with E-state index in [1.165, 1.54) is 12.1 Å². The molecule has 188 valence electrons. The number of rotatable bonds is 9. The minimum atomic E-state index is -0.299. The molecule has 3 heterocycles. The molecule has 3 aromatic rings. The SMILES string of the molecule is CC(c1ncccn1)N(CC1CC1)C(=O)c1cc(C(=O)C[C@H](C)c2ccc(F)cc2)n2c1COCC2. The van der Waals surface area contributed by atoms with Crippen molar-refractivity contribution in [3.63, 3.8) is 0 Å². The third kappa shape index (κ3) is 5.09. The number of aromatic nitrogens is 3. The Bertz CT molecular complexity index is 1240. The number of nitrogens with zero attached hydrogens (tertiary/aromatic N) is 4. The molecule has 0 saturated heterocycles. The highest BCUT2D eigenvalue weighted by Gasteiger charge is 2.35. The minimum Gasteiger partial charge on any atom is -0.373 e. The maximum atomic E-state index is 14.0. The van der Waals surface area contributed by atoms with Gasteiger partial charge in [-0.1, -0.05) is 19.1 Å². The number of amides is 1. The lowest BCUT2D eigenvalue weighted by Gasteiger charge is -2.29. The van der Waals surface area contributed by atoms with Crippen LogP contribution in [0.3, 0.4) is 0 Å². The topological polar surface area (TPSA) is 77.3 Å². The smallest absolute Gasteiger partial charge is 0.256 e. The second kappa shape index (κ2) is 10.3. The van der Waals surface area contributed by atoms with Gasteiger partial charge >= 0.3 is 0 Å². The number of fused-ring (bicyclic) bond motifs is 1. The highest BCUT2D eigenvalue weighted by molar-refractivity contribution is 6.01. The van der Waals surface area contributed by atoms with Crippen molar-refractivity contribution in [2.24, 2.45) is 5.92 Å². The summed E-state index contributed by atoms with van der Waals surface area (Å²) in [5, 5.41) is 0. The molecule has 1 aliphatic carbocycles. The van der Waals surface area contributed by atoms with Crippen molar-refractivity contribution in [2.75, 3.05) is 13.2 Å². The molecule has 1 aliphatic heterocycles. The first kappa shape index (κ1) is 24.3. The Morgan fingerprint density at radius 3 is 2.58 bits per heavy atom. The molecular weight excluding hydrogens is 459 g/mol. The van der Waals surface area contributed by atoms with Gasteiger partial charge in [0.15, 0.2) is 5.78 Å². The standard InChI is InChI=1S/C28H31FN4O3/c1-18(21-6-8-22(29)9-7-21)14-26(34)24-15-23(25-17-36-13-12-32(24)25)28(35)33(16-20-4-5-20)19(2)27-30-10-3-11-31-27/h3,6-11,15,18-20H,4-5,12-14,16-17H2,1-2H3/t18-,19?/m0/s1. The first-order valence-electron chi connectivity index (χ1n) is 12.6. The van der Waals surface area contributed by atoms with Gasteiger partial charge in [-0.3, -0.25) is 9.59 Å². The van der Waals surface area contributed by atoms with Gasteiger partial charge in [-0.15, -0.1) is 0 Å². The molecule has 5 rings (SSSR count). The van der Waals surface area contributed by atoms with Gasteiger partial charge in [0.2, 0.25) is 0 Å². The lowest BCUT2D eigenvalue weighted by molar-refractivity contribution is 0.0639. The molecule has 2 atom stereocenters. The average molecular weight is 491 g/mol. The fraction of sp³-hybridized carbons (Fsp3) is 0.429. The summed E-state index contributed by atoms with van der Waals surface area (Å²) < 4.78 is 21.0. The van der Waals surface area contributed by atoms with Crippen LogP contribution in [0.5, 0.6) is 0 Å². The van der Waals surface area contributed by atoms with Crippen LogP contribution in [0.4, 0.5) is 4.39 Å². The molecule has 1 unspecified atom stereocenters. The van der Waals surface area contributed by atoms with Gasteiger partial charge in [-0.25, -0.2) is 14.4 Å². The maximum absolute atomic E-state index is 14.0. The number of hydrogen-bond acceptors (Lipinski definition) is 5. The molecule has 7 nitrogen and oxygen atoms in total. The van der Waals surface area contributed by atoms with Crippen LogP contribution in [0.1, 0.15) is 83.0 Å². The highest BCUT2D eigenvalue weighted by Crippen LogP contribution is 2.34. The van der Waals surface area contributed by atoms with Crippen molar-refractivity contribution < 1.29 is 18.7 Å². The monoisotopic (exact) mass is 490 g/mol. The second-order valence-electron chi connectivity index (χ2n) is 9.86. The number of Topliss-reactive ketones (excluding diaryl/α,β-unsaturated/α-hetero) is 1. The van der Waals surface area contributed by atoms with E-state index in [0.717, 1.165) is 24.1 Å². The molecule has 0 spiro atoms. The summed E-state index contributed by atoms with van der Waals surface area (Å²) in [6.07, 6.45) is 5.85. The third-order valence-corrected chi connectivity index (χ3v) is 7.19. The van der Waals surface area contributed by atoms with E-state index in [1.807, 2.05) is 23.3 Å². The van der Waals surface area contributed by atoms with Crippen LogP contribution < -0.4 is 0 Å². The zero-order chi connectivity index (χ0) is 25.2. The van der Waals surface area contributed by atoms with E-state index >= 15 is 0 Å². The molecule has 36 heavy (non-hydrogen) atoms. The Labute approximate surface area is 210 Å². The number of hydrogen-bond donors (Lipinski definition) is 0. The number of benzene rings is 1. The Hall–Kier alpha value is -3.39. The van der Waals surface area contributed by atoms with Gasteiger partial charge in [0, 0.05) is 31.9 Å². The highest BCUT2D eigenvalue weighted by atomic mass is 19.1. The molecule has 0 N–H and O–H groups in total. The van der Waals surface area contributed by atoms with Crippen LogP contribution in [-0.2, 0) is 17.9 Å². The lowest BCUT2D eigenvalue weighted by Crippen LogP contribution is -2.36. The van der Waals surface area contributed by atoms with Crippen LogP contribution in [0.25, 0.3) is 0 Å². The molecule has 1 saturated carbocycles. The van der Waals surface area contributed by atoms with Gasteiger partial charge in [-0.2, -0.15) is 0 Å². The van der Waals surface area contributed by atoms with Crippen LogP contribution in [0, 0.1) is 11.7 Å². The van der Waals surface area contributed by atoms with E-state index in [9.17, 15) is 14.0 Å². The fourth-order valence-electron chi connectivity index (χ4n) is 4.85. The molecule has 1 aromatic carbocycles. The van der Waals surface area contributed by atoms with E-state index in [2.05, 4.69) is 9.97 Å². The van der Waals surface area contributed by atoms with E-state index in [1.54, 1.807) is 36.7 Å². The first-order valence-corrected chi connectivity index (χ1v) is 12.6. The predicted octanol–water partition coefficient (Wildman–Crippen LogP) is 4.94. The molecular formula is C28H31FN4O3. The summed E-state index contributed by atoms with van der Waals surface area (Å²) in [6.45, 7) is 5.84. The summed E-state index contributed by atoms with van der Waals surface area (Å²) in [5.41, 5.74) is 2.68. The Morgan fingerprint density at radius 1 is 1.17 bits per heavy atom. The van der Waals surface area contributed by atoms with Gasteiger partial charge in [0.25, 0.3) is 5.91 Å². The summed E-state index contributed by atoms with van der Waals surface area (Å²) >= 11 is 0. The minimum absolute atomic E-state index is 0.0396. The molecule has 0 radical (unpaired) electrons. The Balaban J connectivity index is 1.43. The summed E-state index contributed by atoms with van der Waals surface area (Å²) in [5.74, 6) is 0.536. The van der Waals surface area contributed by atoms with E-state index in [4.69, 9.17) is 4.74 Å². The largest absolute Gasteiger partial charge is 0.373 e. The zero-order valence-corrected chi connectivity index (χ0v) is 20.7. The lowest BCUT2D eigenvalue weighted by atomic mass is 9.94. The van der Waals surface area contributed by atoms with Crippen molar-refractivity contribution >= 4 is 11.7 Å². The van der Waals surface area contributed by atoms with Crippen molar-refractivity contribution in [1.82, 2.24) is 19.4 Å². The average Bonchev–Trinajstić information content (AvgIpc) is 3.64. The molecule has 2 aromatic heterocycles. The van der Waals surface area contributed by atoms with Crippen molar-refractivity contribution in [1.29, 1.82) is 0 Å². The number of halogens is 1. The van der Waals surface area contributed by atoms with Crippen LogP contribution in [0.2, 0.25) is 0 Å². The van der Waals surface area contributed by atoms with Crippen LogP contribution in [0.15, 0.2) is 48.8 Å². The molecule has 1 amide bonds. The Kier molecular flexibility index (Phi) is 6.96. The molecule has 2 aliphatic rings. The number of carbonyl (C=O) groups is 2. The fourth-order valence-corrected chi connectivity index (χ4v) is 4.85. The van der Waals surface area contributed by atoms with E-state index in [-0.39, 0.29) is 42.5 Å². The maximum Gasteiger partial charge on any atom is 0.256 e. The first-order chi connectivity index (χ1) is 17.4. The normalized spacial score (nSPS) is 16.8. The van der Waals surface area contributed by atoms with E-state index < -0.39 is 0 Å². The van der Waals surface area contributed by atoms with Gasteiger partial charge in [-0.05, 0) is 61.4 Å². The Morgan fingerprint density at radius 2 is 1.89 bits per heavy atom. The van der Waals surface area contributed by atoms with E-state index in [0.29, 0.717) is 42.7 Å². The van der Waals surface area contributed by atoms with Crippen molar-refractivity contribution in [3.8, 4) is 0 Å². The van der Waals surface area contributed by atoms with Crippen molar-refractivity contribution in [3.05, 3.63) is 82.9 Å². The molecule has 8 heteroatoms. The van der Waals surface area contributed by atoms with Crippen LogP contribution >= 0.6 is 0 Å². The number of ketones is 1. The van der Waals surface area contributed by atoms with Gasteiger partial charge in [0.05, 0.1) is 36.2 Å². The molecule has 1 fully saturated rings. The van der Waals surface area contributed by atoms with Gasteiger partial charge in [0.1, 0.15) is 11.6 Å². The summed E-state index contributed by atoms with van der Waals surface area (Å²) in [6, 6.07) is 9.46. The predicted molar refractivity (Wildman–Crippen MR) is 132 cm³/mol. The quantitative estimate of drug-likeness (QED) is 0.397. The van der Waals surface area contributed by atoms with Crippen LogP contribution in [-0.4, -0.2) is 44.3 Å². The van der Waals surface area contributed by atoms with Crippen molar-refractivity contribution in [2.45, 2.75) is 58.2 Å². The second-order valence-corrected chi connectivity index (χ2v) is 9.86.